The summed E-state index contributed by atoms with van der Waals surface area (Å²) in [6, 6.07) is 5.11. The maximum absolute atomic E-state index is 13.1. The van der Waals surface area contributed by atoms with Gasteiger partial charge in [-0.15, -0.1) is 0 Å². The summed E-state index contributed by atoms with van der Waals surface area (Å²) in [7, 11) is 1.29. The van der Waals surface area contributed by atoms with Gasteiger partial charge >= 0.3 is 11.9 Å². The van der Waals surface area contributed by atoms with Gasteiger partial charge in [0, 0.05) is 18.0 Å². The van der Waals surface area contributed by atoms with Gasteiger partial charge in [-0.2, -0.15) is 0 Å². The average molecular weight is 440 g/mol. The minimum atomic E-state index is -0.771. The van der Waals surface area contributed by atoms with E-state index in [2.05, 4.69) is 5.32 Å². The van der Waals surface area contributed by atoms with Crippen LogP contribution in [0.2, 0.25) is 10.0 Å². The number of rotatable bonds is 5. The number of carbonyl (C=O) groups excluding carboxylic acids is 2. The number of allylic oxidation sites excluding steroid dienone is 2. The van der Waals surface area contributed by atoms with Gasteiger partial charge in [0.15, 0.2) is 0 Å². The fourth-order valence-corrected chi connectivity index (χ4v) is 4.14. The molecule has 2 aliphatic rings. The summed E-state index contributed by atoms with van der Waals surface area (Å²) in [4.78, 5) is 25.7. The van der Waals surface area contributed by atoms with E-state index in [0.29, 0.717) is 28.6 Å². The maximum Gasteiger partial charge on any atom is 0.336 e. The van der Waals surface area contributed by atoms with Crippen molar-refractivity contribution in [1.82, 2.24) is 5.32 Å². The van der Waals surface area contributed by atoms with Crippen LogP contribution in [0.15, 0.2) is 40.7 Å². The molecule has 0 aromatic heterocycles. The molecule has 2 heterocycles. The first-order valence-electron chi connectivity index (χ1n) is 9.34. The molecule has 0 aliphatic carbocycles. The highest BCUT2D eigenvalue weighted by molar-refractivity contribution is 6.42. The Morgan fingerprint density at radius 1 is 1.17 bits per heavy atom. The summed E-state index contributed by atoms with van der Waals surface area (Å²) in [5, 5.41) is 3.69. The molecule has 0 spiro atoms. The topological polar surface area (TPSA) is 73.9 Å². The van der Waals surface area contributed by atoms with Crippen molar-refractivity contribution >= 4 is 35.1 Å². The smallest absolute Gasteiger partial charge is 0.336 e. The van der Waals surface area contributed by atoms with Crippen LogP contribution < -0.4 is 5.32 Å². The van der Waals surface area contributed by atoms with Crippen LogP contribution in [0.4, 0.5) is 0 Å². The number of ether oxygens (including phenoxy) is 3. The van der Waals surface area contributed by atoms with E-state index in [9.17, 15) is 9.59 Å². The second-order valence-electron chi connectivity index (χ2n) is 7.00. The summed E-state index contributed by atoms with van der Waals surface area (Å²) in [6.07, 6.45) is 1.68. The molecule has 1 saturated heterocycles. The van der Waals surface area contributed by atoms with Gasteiger partial charge in [-0.05, 0) is 38.3 Å². The SMILES string of the molecule is COC(=O)C1=C(C)NC(C)=C(C(=O)OC[C@H]2CCCO2)[C@H]1c1cccc(Cl)c1Cl. The number of methoxy groups -OCH3 is 1. The van der Waals surface area contributed by atoms with Gasteiger partial charge in [0.05, 0.1) is 40.3 Å². The fraction of sp³-hybridized carbons (Fsp3) is 0.429. The molecule has 156 valence electrons. The van der Waals surface area contributed by atoms with Gasteiger partial charge in [-0.1, -0.05) is 35.3 Å². The van der Waals surface area contributed by atoms with E-state index in [4.69, 9.17) is 37.4 Å². The molecule has 3 rings (SSSR count). The predicted molar refractivity (Wildman–Crippen MR) is 110 cm³/mol. The van der Waals surface area contributed by atoms with E-state index in [0.717, 1.165) is 12.8 Å². The Morgan fingerprint density at radius 2 is 1.86 bits per heavy atom. The van der Waals surface area contributed by atoms with E-state index in [-0.39, 0.29) is 28.9 Å². The fourth-order valence-electron chi connectivity index (χ4n) is 3.72. The van der Waals surface area contributed by atoms with Crippen LogP contribution in [0.3, 0.4) is 0 Å². The Hall–Kier alpha value is -2.02. The molecule has 29 heavy (non-hydrogen) atoms. The third kappa shape index (κ3) is 4.44. The van der Waals surface area contributed by atoms with Gasteiger partial charge in [-0.25, -0.2) is 9.59 Å². The lowest BCUT2D eigenvalue weighted by Crippen LogP contribution is -2.33. The molecule has 8 heteroatoms. The highest BCUT2D eigenvalue weighted by atomic mass is 35.5. The molecule has 1 aromatic rings. The van der Waals surface area contributed by atoms with Crippen LogP contribution in [0.25, 0.3) is 0 Å². The van der Waals surface area contributed by atoms with E-state index < -0.39 is 17.9 Å². The normalized spacial score (nSPS) is 21.8. The lowest BCUT2D eigenvalue weighted by atomic mass is 9.80. The lowest BCUT2D eigenvalue weighted by Gasteiger charge is -2.31. The predicted octanol–water partition coefficient (Wildman–Crippen LogP) is 4.12. The summed E-state index contributed by atoms with van der Waals surface area (Å²) >= 11 is 12.7. The number of hydrogen-bond acceptors (Lipinski definition) is 6. The third-order valence-electron chi connectivity index (χ3n) is 5.10. The van der Waals surface area contributed by atoms with Crippen molar-refractivity contribution < 1.29 is 23.8 Å². The molecule has 6 nitrogen and oxygen atoms in total. The van der Waals surface area contributed by atoms with Crippen molar-refractivity contribution in [3.05, 3.63) is 56.3 Å². The zero-order valence-corrected chi connectivity index (χ0v) is 18.0. The first-order chi connectivity index (χ1) is 13.8. The molecule has 1 aromatic carbocycles. The second kappa shape index (κ2) is 9.20. The number of benzene rings is 1. The highest BCUT2D eigenvalue weighted by Gasteiger charge is 2.39. The molecule has 1 N–H and O–H groups in total. The Morgan fingerprint density at radius 3 is 2.48 bits per heavy atom. The lowest BCUT2D eigenvalue weighted by molar-refractivity contribution is -0.142. The standard InChI is InChI=1S/C21H23Cl2NO5/c1-11-16(20(25)27-3)18(14-7-4-8-15(22)19(14)23)17(12(2)24-11)21(26)29-10-13-6-5-9-28-13/h4,7-8,13,18,24H,5-6,9-10H2,1-3H3/t13-,18+/m1/s1. The van der Waals surface area contributed by atoms with E-state index >= 15 is 0 Å². The van der Waals surface area contributed by atoms with Crippen molar-refractivity contribution in [1.29, 1.82) is 0 Å². The maximum atomic E-state index is 13.1. The van der Waals surface area contributed by atoms with Gasteiger partial charge in [0.25, 0.3) is 0 Å². The molecule has 0 radical (unpaired) electrons. The molecule has 0 saturated carbocycles. The monoisotopic (exact) mass is 439 g/mol. The summed E-state index contributed by atoms with van der Waals surface area (Å²) in [5.41, 5.74) is 2.26. The first-order valence-corrected chi connectivity index (χ1v) is 10.1. The van der Waals surface area contributed by atoms with Crippen molar-refractivity contribution in [2.75, 3.05) is 20.3 Å². The van der Waals surface area contributed by atoms with Crippen LogP contribution >= 0.6 is 23.2 Å². The zero-order valence-electron chi connectivity index (χ0n) is 16.5. The molecule has 0 bridgehead atoms. The summed E-state index contributed by atoms with van der Waals surface area (Å²) < 4.78 is 16.0. The molecule has 0 unspecified atom stereocenters. The molecule has 2 atom stereocenters. The molecule has 1 fully saturated rings. The average Bonchev–Trinajstić information content (AvgIpc) is 3.21. The second-order valence-corrected chi connectivity index (χ2v) is 7.79. The number of hydrogen-bond donors (Lipinski definition) is 1. The van der Waals surface area contributed by atoms with Crippen LogP contribution in [0, 0.1) is 0 Å². The van der Waals surface area contributed by atoms with E-state index in [1.807, 2.05) is 0 Å². The summed E-state index contributed by atoms with van der Waals surface area (Å²) in [6.45, 7) is 4.32. The van der Waals surface area contributed by atoms with Gasteiger partial charge < -0.3 is 19.5 Å². The number of halogens is 2. The minimum absolute atomic E-state index is 0.109. The van der Waals surface area contributed by atoms with Crippen LogP contribution in [0.5, 0.6) is 0 Å². The molecule has 2 aliphatic heterocycles. The Bertz CT molecular complexity index is 887. The number of carbonyl (C=O) groups is 2. The molecular formula is C21H23Cl2NO5. The van der Waals surface area contributed by atoms with Crippen molar-refractivity contribution in [2.45, 2.75) is 38.7 Å². The van der Waals surface area contributed by atoms with E-state index in [1.54, 1.807) is 32.0 Å². The number of dihydropyridines is 1. The zero-order chi connectivity index (χ0) is 21.1. The Balaban J connectivity index is 2.03. The van der Waals surface area contributed by atoms with Crippen LogP contribution in [0.1, 0.15) is 38.2 Å². The molecular weight excluding hydrogens is 417 g/mol. The van der Waals surface area contributed by atoms with Gasteiger partial charge in [-0.3, -0.25) is 0 Å². The number of esters is 2. The van der Waals surface area contributed by atoms with Gasteiger partial charge in [0.1, 0.15) is 6.61 Å². The first kappa shape index (κ1) is 21.7. The highest BCUT2D eigenvalue weighted by Crippen LogP contribution is 2.43. The summed E-state index contributed by atoms with van der Waals surface area (Å²) in [5.74, 6) is -1.87. The largest absolute Gasteiger partial charge is 0.466 e. The van der Waals surface area contributed by atoms with Crippen molar-refractivity contribution in [3.63, 3.8) is 0 Å². The Kier molecular flexibility index (Phi) is 6.88. The van der Waals surface area contributed by atoms with Gasteiger partial charge in [0.2, 0.25) is 0 Å². The Labute approximate surface area is 179 Å². The quantitative estimate of drug-likeness (QED) is 0.695. The van der Waals surface area contributed by atoms with E-state index in [1.165, 1.54) is 7.11 Å². The molecule has 0 amide bonds. The number of nitrogens with one attached hydrogen (secondary N) is 1. The van der Waals surface area contributed by atoms with Crippen molar-refractivity contribution in [2.24, 2.45) is 0 Å². The van der Waals surface area contributed by atoms with Crippen molar-refractivity contribution in [3.8, 4) is 0 Å². The minimum Gasteiger partial charge on any atom is -0.466 e. The van der Waals surface area contributed by atoms with Crippen LogP contribution in [-0.4, -0.2) is 38.4 Å². The van der Waals surface area contributed by atoms with Crippen LogP contribution in [-0.2, 0) is 23.8 Å². The third-order valence-corrected chi connectivity index (χ3v) is 5.94.